The Morgan fingerprint density at radius 3 is 2.50 bits per heavy atom. The second-order valence-corrected chi connectivity index (χ2v) is 5.77. The maximum atomic E-state index is 6.02. The highest BCUT2D eigenvalue weighted by Gasteiger charge is 2.06. The van der Waals surface area contributed by atoms with Crippen molar-refractivity contribution in [3.8, 4) is 0 Å². The normalized spacial score (nSPS) is 10.9. The van der Waals surface area contributed by atoms with Crippen LogP contribution >= 0.6 is 39.3 Å². The van der Waals surface area contributed by atoms with Crippen LogP contribution in [0, 0.1) is 0 Å². The summed E-state index contributed by atoms with van der Waals surface area (Å²) in [5, 5.41) is 1.49. The predicted octanol–water partition coefficient (Wildman–Crippen LogP) is 5.38. The molecule has 14 heavy (non-hydrogen) atoms. The summed E-state index contributed by atoms with van der Waals surface area (Å²) in [5.74, 6) is 0. The van der Waals surface area contributed by atoms with E-state index in [1.165, 1.54) is 17.7 Å². The summed E-state index contributed by atoms with van der Waals surface area (Å²) in [6.07, 6.45) is 2.41. The molecule has 0 unspecified atom stereocenters. The molecule has 0 saturated carbocycles. The van der Waals surface area contributed by atoms with Gasteiger partial charge >= 0.3 is 0 Å². The van der Waals surface area contributed by atoms with Gasteiger partial charge < -0.3 is 0 Å². The minimum atomic E-state index is 0.701. The van der Waals surface area contributed by atoms with Crippen molar-refractivity contribution >= 4 is 39.3 Å². The molecule has 1 aromatic rings. The molecule has 0 aliphatic carbocycles. The van der Waals surface area contributed by atoms with Gasteiger partial charge in [0.2, 0.25) is 0 Å². The monoisotopic (exact) mass is 292 g/mol. The topological polar surface area (TPSA) is 0 Å². The smallest absolute Gasteiger partial charge is 0.0559 e. The fraction of sp³-hybridized carbons (Fsp3) is 0.455. The van der Waals surface area contributed by atoms with Crippen molar-refractivity contribution in [2.45, 2.75) is 36.8 Å². The fourth-order valence-electron chi connectivity index (χ4n) is 1.20. The molecule has 0 atom stereocenters. The average molecular weight is 294 g/mol. The largest absolute Gasteiger partial charge is 0.123 e. The summed E-state index contributed by atoms with van der Waals surface area (Å²) in [5.41, 5.74) is 0. The van der Waals surface area contributed by atoms with E-state index in [0.717, 1.165) is 9.50 Å². The first kappa shape index (κ1) is 12.4. The van der Waals surface area contributed by atoms with Crippen LogP contribution in [0.2, 0.25) is 5.02 Å². The minimum absolute atomic E-state index is 0.701. The van der Waals surface area contributed by atoms with Gasteiger partial charge in [-0.3, -0.25) is 0 Å². The number of thioether (sulfide) groups is 1. The van der Waals surface area contributed by atoms with Crippen LogP contribution in [-0.2, 0) is 0 Å². The Bertz CT molecular complexity index is 297. The lowest BCUT2D eigenvalue weighted by Gasteiger charge is -2.11. The molecule has 0 aliphatic heterocycles. The van der Waals surface area contributed by atoms with Crippen LogP contribution in [-0.4, -0.2) is 5.25 Å². The van der Waals surface area contributed by atoms with Crippen molar-refractivity contribution in [1.82, 2.24) is 0 Å². The van der Waals surface area contributed by atoms with Gasteiger partial charge in [-0.05, 0) is 47.0 Å². The van der Waals surface area contributed by atoms with Gasteiger partial charge in [-0.25, -0.2) is 0 Å². The maximum Gasteiger partial charge on any atom is 0.0559 e. The van der Waals surface area contributed by atoms with Crippen LogP contribution in [0.3, 0.4) is 0 Å². The van der Waals surface area contributed by atoms with Gasteiger partial charge in [0.25, 0.3) is 0 Å². The average Bonchev–Trinajstić information content (AvgIpc) is 2.19. The molecule has 78 valence electrons. The first-order valence-electron chi connectivity index (χ1n) is 4.79. The standard InChI is InChI=1S/C11H14BrClS/c1-3-8(4-2)14-9-5-6-10(12)11(13)7-9/h5-8H,3-4H2,1-2H3. The molecule has 3 heteroatoms. The minimum Gasteiger partial charge on any atom is -0.123 e. The number of hydrogen-bond donors (Lipinski definition) is 0. The van der Waals surface area contributed by atoms with E-state index in [1.54, 1.807) is 0 Å². The Hall–Kier alpha value is 0.340. The highest BCUT2D eigenvalue weighted by Crippen LogP contribution is 2.32. The Morgan fingerprint density at radius 1 is 1.36 bits per heavy atom. The molecule has 0 N–H and O–H groups in total. The summed E-state index contributed by atoms with van der Waals surface area (Å²) in [6.45, 7) is 4.45. The molecule has 0 aliphatic rings. The lowest BCUT2D eigenvalue weighted by molar-refractivity contribution is 0.792. The van der Waals surface area contributed by atoms with E-state index >= 15 is 0 Å². The van der Waals surface area contributed by atoms with Gasteiger partial charge in [0.1, 0.15) is 0 Å². The summed E-state index contributed by atoms with van der Waals surface area (Å²) >= 11 is 11.3. The molecule has 0 spiro atoms. The third-order valence-corrected chi connectivity index (χ3v) is 4.86. The summed E-state index contributed by atoms with van der Waals surface area (Å²) < 4.78 is 0.966. The van der Waals surface area contributed by atoms with E-state index in [0.29, 0.717) is 5.25 Å². The third-order valence-electron chi connectivity index (χ3n) is 2.10. The van der Waals surface area contributed by atoms with E-state index in [2.05, 4.69) is 35.8 Å². The number of rotatable bonds is 4. The second-order valence-electron chi connectivity index (χ2n) is 3.13. The van der Waals surface area contributed by atoms with Gasteiger partial charge in [0, 0.05) is 14.6 Å². The first-order chi connectivity index (χ1) is 6.67. The molecule has 0 heterocycles. The molecular weight excluding hydrogens is 280 g/mol. The van der Waals surface area contributed by atoms with Gasteiger partial charge in [-0.2, -0.15) is 0 Å². The second kappa shape index (κ2) is 6.04. The van der Waals surface area contributed by atoms with Crippen molar-refractivity contribution in [3.05, 3.63) is 27.7 Å². The molecular formula is C11H14BrClS. The van der Waals surface area contributed by atoms with Crippen LogP contribution in [0.4, 0.5) is 0 Å². The Balaban J connectivity index is 2.72. The molecule has 0 radical (unpaired) electrons. The van der Waals surface area contributed by atoms with E-state index in [4.69, 9.17) is 11.6 Å². The third kappa shape index (κ3) is 3.48. The van der Waals surface area contributed by atoms with Crippen LogP contribution in [0.25, 0.3) is 0 Å². The number of halogens is 2. The van der Waals surface area contributed by atoms with Crippen molar-refractivity contribution < 1.29 is 0 Å². The highest BCUT2D eigenvalue weighted by atomic mass is 79.9. The van der Waals surface area contributed by atoms with E-state index in [1.807, 2.05) is 23.9 Å². The summed E-state index contributed by atoms with van der Waals surface area (Å²) in [7, 11) is 0. The van der Waals surface area contributed by atoms with Crippen LogP contribution in [0.1, 0.15) is 26.7 Å². The molecule has 1 rings (SSSR count). The molecule has 0 aromatic heterocycles. The van der Waals surface area contributed by atoms with E-state index < -0.39 is 0 Å². The molecule has 0 nitrogen and oxygen atoms in total. The van der Waals surface area contributed by atoms with Gasteiger partial charge in [-0.15, -0.1) is 11.8 Å². The molecule has 0 fully saturated rings. The Morgan fingerprint density at radius 2 is 2.00 bits per heavy atom. The molecule has 0 bridgehead atoms. The predicted molar refractivity (Wildman–Crippen MR) is 69.4 cm³/mol. The van der Waals surface area contributed by atoms with Gasteiger partial charge in [0.15, 0.2) is 0 Å². The first-order valence-corrected chi connectivity index (χ1v) is 6.84. The quantitative estimate of drug-likeness (QED) is 0.671. The summed E-state index contributed by atoms with van der Waals surface area (Å²) in [6, 6.07) is 6.14. The number of benzene rings is 1. The summed E-state index contributed by atoms with van der Waals surface area (Å²) in [4.78, 5) is 1.26. The molecule has 0 saturated heterocycles. The van der Waals surface area contributed by atoms with Crippen molar-refractivity contribution in [2.24, 2.45) is 0 Å². The Kier molecular flexibility index (Phi) is 5.35. The van der Waals surface area contributed by atoms with E-state index in [-0.39, 0.29) is 0 Å². The lowest BCUT2D eigenvalue weighted by Crippen LogP contribution is -1.97. The highest BCUT2D eigenvalue weighted by molar-refractivity contribution is 9.10. The Labute approximate surface area is 104 Å². The van der Waals surface area contributed by atoms with Crippen molar-refractivity contribution in [2.75, 3.05) is 0 Å². The van der Waals surface area contributed by atoms with Crippen molar-refractivity contribution in [1.29, 1.82) is 0 Å². The zero-order valence-electron chi connectivity index (χ0n) is 8.39. The van der Waals surface area contributed by atoms with Crippen LogP contribution < -0.4 is 0 Å². The van der Waals surface area contributed by atoms with Crippen LogP contribution in [0.5, 0.6) is 0 Å². The molecule has 0 amide bonds. The number of hydrogen-bond acceptors (Lipinski definition) is 1. The van der Waals surface area contributed by atoms with Gasteiger partial charge in [-0.1, -0.05) is 25.4 Å². The van der Waals surface area contributed by atoms with Crippen LogP contribution in [0.15, 0.2) is 27.6 Å². The maximum absolute atomic E-state index is 6.02. The SMILES string of the molecule is CCC(CC)Sc1ccc(Br)c(Cl)c1. The van der Waals surface area contributed by atoms with Crippen molar-refractivity contribution in [3.63, 3.8) is 0 Å². The van der Waals surface area contributed by atoms with Gasteiger partial charge in [0.05, 0.1) is 5.02 Å². The zero-order valence-corrected chi connectivity index (χ0v) is 11.5. The fourth-order valence-corrected chi connectivity index (χ4v) is 2.74. The lowest BCUT2D eigenvalue weighted by atomic mass is 10.3. The zero-order chi connectivity index (χ0) is 10.6. The van der Waals surface area contributed by atoms with E-state index in [9.17, 15) is 0 Å². The molecule has 1 aromatic carbocycles.